The lowest BCUT2D eigenvalue weighted by Crippen LogP contribution is -2.26. The summed E-state index contributed by atoms with van der Waals surface area (Å²) in [6.07, 6.45) is 0.997. The van der Waals surface area contributed by atoms with Crippen LogP contribution in [0.3, 0.4) is 0 Å². The normalized spacial score (nSPS) is 20.0. The van der Waals surface area contributed by atoms with Crippen molar-refractivity contribution in [2.75, 3.05) is 11.4 Å². The number of rotatable bonds is 4. The monoisotopic (exact) mass is 257 g/mol. The molecule has 1 atom stereocenters. The minimum absolute atomic E-state index is 0.116. The number of carbonyl (C=O) groups excluding carboxylic acids is 2. The third-order valence-corrected chi connectivity index (χ3v) is 2.86. The smallest absolute Gasteiger partial charge is 0.272 e. The van der Waals surface area contributed by atoms with E-state index in [-0.39, 0.29) is 24.8 Å². The molecule has 92 valence electrons. The molecule has 1 aliphatic heterocycles. The van der Waals surface area contributed by atoms with Gasteiger partial charge in [-0.05, 0) is 23.2 Å². The van der Waals surface area contributed by atoms with E-state index in [1.54, 1.807) is 0 Å². The van der Waals surface area contributed by atoms with Gasteiger partial charge in [0, 0.05) is 13.0 Å². The highest BCUT2D eigenvalue weighted by Crippen LogP contribution is 2.23. The molecule has 1 aliphatic rings. The zero-order valence-corrected chi connectivity index (χ0v) is 10.1. The van der Waals surface area contributed by atoms with Gasteiger partial charge in [-0.3, -0.25) is 14.5 Å². The van der Waals surface area contributed by atoms with Crippen LogP contribution in [-0.4, -0.2) is 37.9 Å². The maximum absolute atomic E-state index is 11.7. The number of halogens is 1. The van der Waals surface area contributed by atoms with Crippen LogP contribution in [0.5, 0.6) is 0 Å². The van der Waals surface area contributed by atoms with Gasteiger partial charge in [-0.2, -0.15) is 4.80 Å². The Labute approximate surface area is 103 Å². The van der Waals surface area contributed by atoms with E-state index in [9.17, 15) is 9.59 Å². The van der Waals surface area contributed by atoms with E-state index in [1.165, 1.54) is 9.70 Å². The molecule has 2 heterocycles. The molecule has 8 heteroatoms. The number of nitrogens with zero attached hydrogens (tertiary/aromatic N) is 5. The minimum atomic E-state index is -0.498. The van der Waals surface area contributed by atoms with Crippen LogP contribution in [0.1, 0.15) is 19.8 Å². The topological polar surface area (TPSA) is 81.0 Å². The molecule has 0 bridgehead atoms. The first-order valence-corrected chi connectivity index (χ1v) is 5.77. The summed E-state index contributed by atoms with van der Waals surface area (Å²) >= 11 is 5.38. The molecule has 0 N–H and O–H groups in total. The molecule has 1 saturated heterocycles. The Bertz CT molecular complexity index is 446. The molecule has 1 fully saturated rings. The Morgan fingerprint density at radius 2 is 2.35 bits per heavy atom. The third kappa shape index (κ3) is 2.44. The molecule has 7 nitrogen and oxygen atoms in total. The summed E-state index contributed by atoms with van der Waals surface area (Å²) in [5.41, 5.74) is 0. The number of hydrogen-bond donors (Lipinski definition) is 0. The Morgan fingerprint density at radius 1 is 1.59 bits per heavy atom. The third-order valence-electron chi connectivity index (χ3n) is 2.55. The Morgan fingerprint density at radius 3 is 2.94 bits per heavy atom. The maximum Gasteiger partial charge on any atom is 0.272 e. The van der Waals surface area contributed by atoms with Crippen molar-refractivity contribution in [3.05, 3.63) is 0 Å². The van der Waals surface area contributed by atoms with E-state index in [0.29, 0.717) is 6.54 Å². The molecule has 17 heavy (non-hydrogen) atoms. The van der Waals surface area contributed by atoms with Gasteiger partial charge >= 0.3 is 0 Å². The van der Waals surface area contributed by atoms with Crippen LogP contribution in [0.4, 0.5) is 5.95 Å². The number of hydrogen-bond acceptors (Lipinski definition) is 5. The number of aromatic nitrogens is 4. The minimum Gasteiger partial charge on any atom is -0.281 e. The lowest BCUT2D eigenvalue weighted by atomic mass is 10.1. The summed E-state index contributed by atoms with van der Waals surface area (Å²) in [5, 5.41) is 11.2. The van der Waals surface area contributed by atoms with Gasteiger partial charge in [-0.25, -0.2) is 0 Å². The van der Waals surface area contributed by atoms with E-state index in [2.05, 4.69) is 15.4 Å². The molecule has 0 aliphatic carbocycles. The molecule has 2 rings (SSSR count). The molecular weight excluding hydrogens is 246 g/mol. The van der Waals surface area contributed by atoms with Crippen LogP contribution in [0.25, 0.3) is 0 Å². The molecule has 0 radical (unpaired) electrons. The first-order valence-electron chi connectivity index (χ1n) is 5.39. The fourth-order valence-electron chi connectivity index (χ4n) is 1.69. The summed E-state index contributed by atoms with van der Waals surface area (Å²) in [4.78, 5) is 25.4. The molecule has 0 spiro atoms. The lowest BCUT2D eigenvalue weighted by molar-refractivity contribution is -0.120. The van der Waals surface area contributed by atoms with E-state index < -0.39 is 11.2 Å². The summed E-state index contributed by atoms with van der Waals surface area (Å²) < 4.78 is 0. The first kappa shape index (κ1) is 12.0. The molecule has 1 amide bonds. The van der Waals surface area contributed by atoms with Crippen molar-refractivity contribution in [1.29, 1.82) is 0 Å². The second-order valence-corrected chi connectivity index (χ2v) is 4.27. The van der Waals surface area contributed by atoms with Gasteiger partial charge in [-0.1, -0.05) is 12.0 Å². The summed E-state index contributed by atoms with van der Waals surface area (Å²) in [6, 6.07) is 0. The Balaban J connectivity index is 2.11. The average Bonchev–Trinajstić information content (AvgIpc) is 2.85. The molecule has 0 aromatic carbocycles. The summed E-state index contributed by atoms with van der Waals surface area (Å²) in [5.74, 6) is -0.425. The van der Waals surface area contributed by atoms with Crippen LogP contribution in [0, 0.1) is 5.92 Å². The SMILES string of the molecule is CCCn1nnc(N2CC(C(=O)Cl)CC2=O)n1. The van der Waals surface area contributed by atoms with Crippen molar-refractivity contribution < 1.29 is 9.59 Å². The van der Waals surface area contributed by atoms with Crippen LogP contribution >= 0.6 is 11.6 Å². The second kappa shape index (κ2) is 4.79. The van der Waals surface area contributed by atoms with Crippen molar-refractivity contribution in [1.82, 2.24) is 20.2 Å². The highest BCUT2D eigenvalue weighted by atomic mass is 35.5. The van der Waals surface area contributed by atoms with Crippen molar-refractivity contribution in [3.63, 3.8) is 0 Å². The highest BCUT2D eigenvalue weighted by molar-refractivity contribution is 6.64. The second-order valence-electron chi connectivity index (χ2n) is 3.89. The van der Waals surface area contributed by atoms with E-state index in [1.807, 2.05) is 6.92 Å². The zero-order chi connectivity index (χ0) is 12.4. The molecular formula is C9H12ClN5O2. The molecule has 1 aromatic rings. The van der Waals surface area contributed by atoms with Gasteiger partial charge in [0.25, 0.3) is 5.95 Å². The predicted molar refractivity (Wildman–Crippen MR) is 59.4 cm³/mol. The van der Waals surface area contributed by atoms with Crippen molar-refractivity contribution >= 4 is 28.7 Å². The van der Waals surface area contributed by atoms with E-state index in [4.69, 9.17) is 11.6 Å². The van der Waals surface area contributed by atoms with Gasteiger partial charge < -0.3 is 0 Å². The predicted octanol–water partition coefficient (Wildman–Crippen LogP) is 0.201. The Kier molecular flexibility index (Phi) is 3.37. The quantitative estimate of drug-likeness (QED) is 0.720. The number of aryl methyl sites for hydroxylation is 1. The molecule has 1 aromatic heterocycles. The first-order chi connectivity index (χ1) is 8.11. The summed E-state index contributed by atoms with van der Waals surface area (Å²) in [7, 11) is 0. The van der Waals surface area contributed by atoms with Gasteiger partial charge in [0.05, 0.1) is 12.5 Å². The largest absolute Gasteiger partial charge is 0.281 e. The van der Waals surface area contributed by atoms with Crippen LogP contribution < -0.4 is 4.90 Å². The number of anilines is 1. The maximum atomic E-state index is 11.7. The number of tetrazole rings is 1. The van der Waals surface area contributed by atoms with Crippen molar-refractivity contribution in [3.8, 4) is 0 Å². The van der Waals surface area contributed by atoms with Crippen molar-refractivity contribution in [2.24, 2.45) is 5.92 Å². The van der Waals surface area contributed by atoms with E-state index in [0.717, 1.165) is 6.42 Å². The number of amides is 1. The zero-order valence-electron chi connectivity index (χ0n) is 9.34. The Hall–Kier alpha value is -1.50. The number of carbonyl (C=O) groups is 2. The van der Waals surface area contributed by atoms with Gasteiger partial charge in [-0.15, -0.1) is 5.10 Å². The fraction of sp³-hybridized carbons (Fsp3) is 0.667. The lowest BCUT2D eigenvalue weighted by Gasteiger charge is -2.09. The van der Waals surface area contributed by atoms with E-state index >= 15 is 0 Å². The van der Waals surface area contributed by atoms with Gasteiger partial charge in [0.15, 0.2) is 0 Å². The fourth-order valence-corrected chi connectivity index (χ4v) is 1.84. The average molecular weight is 258 g/mol. The van der Waals surface area contributed by atoms with Crippen molar-refractivity contribution in [2.45, 2.75) is 26.3 Å². The van der Waals surface area contributed by atoms with Crippen LogP contribution in [0.2, 0.25) is 0 Å². The summed E-state index contributed by atoms with van der Waals surface area (Å²) in [6.45, 7) is 2.87. The highest BCUT2D eigenvalue weighted by Gasteiger charge is 2.36. The van der Waals surface area contributed by atoms with Crippen LogP contribution in [-0.2, 0) is 16.1 Å². The van der Waals surface area contributed by atoms with Gasteiger partial charge in [0.1, 0.15) is 0 Å². The van der Waals surface area contributed by atoms with Gasteiger partial charge in [0.2, 0.25) is 11.1 Å². The van der Waals surface area contributed by atoms with Crippen LogP contribution in [0.15, 0.2) is 0 Å². The molecule has 0 saturated carbocycles. The standard InChI is InChI=1S/C9H12ClN5O2/c1-2-3-15-12-9(11-13-15)14-5-6(8(10)17)4-7(14)16/h6H,2-5H2,1H3. The molecule has 1 unspecified atom stereocenters.